The van der Waals surface area contributed by atoms with Crippen LogP contribution in [-0.4, -0.2) is 23.7 Å². The zero-order chi connectivity index (χ0) is 15.4. The highest BCUT2D eigenvalue weighted by atomic mass is 127. The fourth-order valence-corrected chi connectivity index (χ4v) is 4.94. The van der Waals surface area contributed by atoms with Crippen molar-refractivity contribution < 1.29 is 4.79 Å². The molecule has 2 nitrogen and oxygen atoms in total. The highest BCUT2D eigenvalue weighted by Gasteiger charge is 2.45. The van der Waals surface area contributed by atoms with Crippen LogP contribution in [0.2, 0.25) is 0 Å². The molecular formula is C18H18INOS. The van der Waals surface area contributed by atoms with Gasteiger partial charge in [0.1, 0.15) is 6.29 Å². The zero-order valence-corrected chi connectivity index (χ0v) is 15.2. The van der Waals surface area contributed by atoms with Gasteiger partial charge in [0.05, 0.1) is 5.41 Å². The van der Waals surface area contributed by atoms with E-state index in [0.29, 0.717) is 5.92 Å². The molecule has 4 heteroatoms. The van der Waals surface area contributed by atoms with E-state index in [-0.39, 0.29) is 0 Å². The smallest absolute Gasteiger partial charge is 0.135 e. The summed E-state index contributed by atoms with van der Waals surface area (Å²) in [5.41, 5.74) is 1.65. The van der Waals surface area contributed by atoms with Gasteiger partial charge in [0, 0.05) is 34.3 Å². The van der Waals surface area contributed by atoms with Crippen LogP contribution < -0.4 is 0 Å². The first-order valence-corrected chi connectivity index (χ1v) is 10.7. The van der Waals surface area contributed by atoms with E-state index in [1.165, 1.54) is 6.29 Å². The maximum absolute atomic E-state index is 12.4. The first-order chi connectivity index (χ1) is 10.8. The number of hydrogen-bond donors (Lipinski definition) is 0. The second-order valence-electron chi connectivity index (χ2n) is 5.66. The van der Waals surface area contributed by atoms with Gasteiger partial charge in [0.15, 0.2) is 0 Å². The molecule has 1 fully saturated rings. The third kappa shape index (κ3) is 2.84. The minimum atomic E-state index is -0.552. The van der Waals surface area contributed by atoms with Gasteiger partial charge in [-0.1, -0.05) is 60.7 Å². The summed E-state index contributed by atoms with van der Waals surface area (Å²) in [5, 5.41) is 0. The van der Waals surface area contributed by atoms with Gasteiger partial charge >= 0.3 is 0 Å². The van der Waals surface area contributed by atoms with E-state index in [4.69, 9.17) is 0 Å². The molecule has 22 heavy (non-hydrogen) atoms. The predicted octanol–water partition coefficient (Wildman–Crippen LogP) is 4.49. The molecule has 114 valence electrons. The Bertz CT molecular complexity index is 580. The molecule has 1 heterocycles. The molecular weight excluding hydrogens is 405 g/mol. The van der Waals surface area contributed by atoms with Crippen molar-refractivity contribution in [2.75, 3.05) is 13.1 Å². The summed E-state index contributed by atoms with van der Waals surface area (Å²) in [6, 6.07) is 20.4. The lowest BCUT2D eigenvalue weighted by atomic mass is 9.66. The van der Waals surface area contributed by atoms with Gasteiger partial charge in [-0.2, -0.15) is 0 Å². The molecule has 1 unspecified atom stereocenters. The highest BCUT2D eigenvalue weighted by molar-refractivity contribution is 14.2. The van der Waals surface area contributed by atoms with Crippen LogP contribution in [0.1, 0.15) is 17.5 Å². The Morgan fingerprint density at radius 2 is 1.59 bits per heavy atom. The van der Waals surface area contributed by atoms with E-state index < -0.39 is 5.41 Å². The van der Waals surface area contributed by atoms with Crippen LogP contribution in [0.4, 0.5) is 0 Å². The lowest BCUT2D eigenvalue weighted by Gasteiger charge is -2.35. The fraction of sp³-hybridized carbons (Fsp3) is 0.278. The quantitative estimate of drug-likeness (QED) is 0.402. The van der Waals surface area contributed by atoms with Crippen LogP contribution in [0.3, 0.4) is 0 Å². The van der Waals surface area contributed by atoms with Crippen LogP contribution in [0.25, 0.3) is 0 Å². The molecule has 1 aliphatic rings. The monoisotopic (exact) mass is 423 g/mol. The predicted molar refractivity (Wildman–Crippen MR) is 101 cm³/mol. The number of carbonyl (C=O) groups is 1. The molecule has 0 N–H and O–H groups in total. The van der Waals surface area contributed by atoms with Crippen LogP contribution >= 0.6 is 30.3 Å². The molecule has 2 aromatic rings. The molecule has 1 aliphatic heterocycles. The number of nitrogens with zero attached hydrogens (tertiary/aromatic N) is 1. The van der Waals surface area contributed by atoms with Crippen molar-refractivity contribution in [2.45, 2.75) is 11.8 Å². The summed E-state index contributed by atoms with van der Waals surface area (Å²) >= 11 is 2.32. The van der Waals surface area contributed by atoms with Crippen LogP contribution in [0.15, 0.2) is 60.7 Å². The van der Waals surface area contributed by atoms with Crippen molar-refractivity contribution in [3.05, 3.63) is 71.8 Å². The van der Waals surface area contributed by atoms with Crippen LogP contribution in [-0.2, 0) is 10.2 Å². The normalized spacial score (nSPS) is 19.2. The minimum absolute atomic E-state index is 0.303. The average molecular weight is 423 g/mol. The topological polar surface area (TPSA) is 20.3 Å². The fourth-order valence-electron chi connectivity index (χ4n) is 3.46. The number of rotatable bonds is 5. The van der Waals surface area contributed by atoms with Crippen molar-refractivity contribution in [2.24, 2.45) is 5.92 Å². The molecule has 2 aromatic carbocycles. The highest BCUT2D eigenvalue weighted by Crippen LogP contribution is 2.43. The molecule has 3 rings (SSSR count). The third-order valence-corrected chi connectivity index (χ3v) is 6.78. The third-order valence-electron chi connectivity index (χ3n) is 4.58. The van der Waals surface area contributed by atoms with Crippen LogP contribution in [0.5, 0.6) is 0 Å². The van der Waals surface area contributed by atoms with Crippen molar-refractivity contribution in [1.82, 2.24) is 4.31 Å². The summed E-state index contributed by atoms with van der Waals surface area (Å²) in [4.78, 5) is 12.4. The second kappa shape index (κ2) is 7.15. The molecule has 0 aliphatic carbocycles. The standard InChI is InChI=1S/C18H18INOS/c19-22-20-12-11-17(13-20)18(14-21,15-7-3-1-4-8-15)16-9-5-2-6-10-16/h1-10,14,17H,11-13H2. The lowest BCUT2D eigenvalue weighted by Crippen LogP contribution is -2.39. The summed E-state index contributed by atoms with van der Waals surface area (Å²) in [6.07, 6.45) is 2.21. The molecule has 0 spiro atoms. The first kappa shape index (κ1) is 16.0. The second-order valence-corrected chi connectivity index (χ2v) is 7.50. The first-order valence-electron chi connectivity index (χ1n) is 7.42. The van der Waals surface area contributed by atoms with Crippen LogP contribution in [0, 0.1) is 5.92 Å². The molecule has 0 amide bonds. The molecule has 0 saturated carbocycles. The number of hydrogen-bond acceptors (Lipinski definition) is 3. The van der Waals surface area contributed by atoms with E-state index in [2.05, 4.69) is 49.8 Å². The van der Waals surface area contributed by atoms with E-state index in [0.717, 1.165) is 30.6 Å². The summed E-state index contributed by atoms with van der Waals surface area (Å²) in [5.74, 6) is 0.303. The molecule has 1 saturated heterocycles. The van der Waals surface area contributed by atoms with Gasteiger partial charge in [0.2, 0.25) is 0 Å². The number of halogens is 1. The SMILES string of the molecule is O=CC(c1ccccc1)(c1ccccc1)C1CCN(SI)C1. The number of carbonyl (C=O) groups excluding carboxylic acids is 1. The van der Waals surface area contributed by atoms with Gasteiger partial charge in [-0.3, -0.25) is 0 Å². The Morgan fingerprint density at radius 1 is 1.05 bits per heavy atom. The molecule has 0 aromatic heterocycles. The van der Waals surface area contributed by atoms with Crippen molar-refractivity contribution in [1.29, 1.82) is 0 Å². The van der Waals surface area contributed by atoms with Crippen molar-refractivity contribution in [3.63, 3.8) is 0 Å². The summed E-state index contributed by atoms with van der Waals surface area (Å²) < 4.78 is 2.34. The summed E-state index contributed by atoms with van der Waals surface area (Å²) in [7, 11) is 1.74. The molecule has 0 radical (unpaired) electrons. The van der Waals surface area contributed by atoms with Gasteiger partial charge < -0.3 is 4.79 Å². The number of benzene rings is 2. The van der Waals surface area contributed by atoms with E-state index in [1.54, 1.807) is 9.12 Å². The Labute approximate surface area is 148 Å². The van der Waals surface area contributed by atoms with Gasteiger partial charge in [-0.15, -0.1) is 0 Å². The largest absolute Gasteiger partial charge is 0.302 e. The van der Waals surface area contributed by atoms with Crippen molar-refractivity contribution in [3.8, 4) is 0 Å². The Kier molecular flexibility index (Phi) is 5.21. The Hall–Kier alpha value is -0.850. The molecule has 1 atom stereocenters. The van der Waals surface area contributed by atoms with Gasteiger partial charge in [-0.25, -0.2) is 4.31 Å². The van der Waals surface area contributed by atoms with Gasteiger partial charge in [0.25, 0.3) is 0 Å². The van der Waals surface area contributed by atoms with E-state index >= 15 is 0 Å². The molecule has 0 bridgehead atoms. The van der Waals surface area contributed by atoms with Crippen molar-refractivity contribution >= 4 is 36.6 Å². The number of aldehydes is 1. The zero-order valence-electron chi connectivity index (χ0n) is 12.2. The lowest BCUT2D eigenvalue weighted by molar-refractivity contribution is -0.112. The maximum atomic E-state index is 12.4. The maximum Gasteiger partial charge on any atom is 0.135 e. The Morgan fingerprint density at radius 3 is 2.00 bits per heavy atom. The van der Waals surface area contributed by atoms with E-state index in [1.807, 2.05) is 36.4 Å². The minimum Gasteiger partial charge on any atom is -0.302 e. The van der Waals surface area contributed by atoms with Gasteiger partial charge in [-0.05, 0) is 32.6 Å². The Balaban J connectivity index is 2.11. The summed E-state index contributed by atoms with van der Waals surface area (Å²) in [6.45, 7) is 1.98. The average Bonchev–Trinajstić information content (AvgIpc) is 3.08. The van der Waals surface area contributed by atoms with E-state index in [9.17, 15) is 4.79 Å².